The second-order valence-corrected chi connectivity index (χ2v) is 4.59. The fourth-order valence-corrected chi connectivity index (χ4v) is 2.23. The van der Waals surface area contributed by atoms with E-state index < -0.39 is 5.82 Å². The number of nitrogen functional groups attached to an aromatic ring is 1. The van der Waals surface area contributed by atoms with Gasteiger partial charge in [-0.2, -0.15) is 0 Å². The maximum absolute atomic E-state index is 13.6. The van der Waals surface area contributed by atoms with Gasteiger partial charge in [-0.05, 0) is 0 Å². The molecule has 1 radical (unpaired) electrons. The monoisotopic (exact) mass is 309 g/mol. The van der Waals surface area contributed by atoms with Crippen LogP contribution in [-0.2, 0) is 0 Å². The Labute approximate surface area is 111 Å². The third-order valence-corrected chi connectivity index (χ3v) is 3.21. The second-order valence-electron chi connectivity index (χ2n) is 3.67. The Balaban J connectivity index is 2.65. The van der Waals surface area contributed by atoms with Gasteiger partial charge in [-0.25, -0.2) is 0 Å². The zero-order chi connectivity index (χ0) is 13.3. The number of nitrogens with zero attached hydrogens (tertiary/aromatic N) is 1. The van der Waals surface area contributed by atoms with Gasteiger partial charge in [0.15, 0.2) is 0 Å². The summed E-state index contributed by atoms with van der Waals surface area (Å²) in [6.45, 7) is 0. The molecule has 0 amide bonds. The Bertz CT molecular complexity index is 663. The molecule has 2 aromatic rings. The van der Waals surface area contributed by atoms with Gasteiger partial charge < -0.3 is 0 Å². The Hall–Kier alpha value is -1.89. The van der Waals surface area contributed by atoms with Crippen molar-refractivity contribution in [3.05, 3.63) is 47.5 Å². The summed E-state index contributed by atoms with van der Waals surface area (Å²) >= 11 is 2.70. The van der Waals surface area contributed by atoms with Crippen LogP contribution in [0.3, 0.4) is 0 Å². The topological polar surface area (TPSA) is 49.8 Å². The quantitative estimate of drug-likeness (QED) is 0.646. The van der Waals surface area contributed by atoms with Crippen molar-refractivity contribution in [1.82, 2.24) is 0 Å². The number of rotatable bonds is 1. The van der Waals surface area contributed by atoms with Crippen molar-refractivity contribution < 1.29 is 8.78 Å². The Morgan fingerprint density at radius 2 is 1.89 bits per heavy atom. The molecule has 2 nitrogen and oxygen atoms in total. The second kappa shape index (κ2) is 4.77. The fraction of sp³-hybridized carbons (Fsp3) is 0. The number of anilines is 1. The first-order valence-corrected chi connectivity index (χ1v) is 5.84. The van der Waals surface area contributed by atoms with Crippen LogP contribution < -0.4 is 10.2 Å². The van der Waals surface area contributed by atoms with Crippen LogP contribution in [0.15, 0.2) is 30.3 Å². The molecule has 0 aliphatic heterocycles. The normalized spacial score (nSPS) is 10.1. The Kier molecular flexibility index (Phi) is 3.33. The fourth-order valence-electron chi connectivity index (χ4n) is 1.60. The third kappa shape index (κ3) is 2.21. The summed E-state index contributed by atoms with van der Waals surface area (Å²) < 4.78 is 27.1. The van der Waals surface area contributed by atoms with Crippen molar-refractivity contribution in [3.63, 3.8) is 0 Å². The van der Waals surface area contributed by atoms with E-state index in [0.29, 0.717) is 15.6 Å². The molecule has 18 heavy (non-hydrogen) atoms. The summed E-state index contributed by atoms with van der Waals surface area (Å²) in [7, 11) is 0. The summed E-state index contributed by atoms with van der Waals surface area (Å²) in [5.41, 5.74) is 6.42. The SMILES string of the molecule is N#Cc1cc(-c2ccc(F)cc2[Se])cc(F)c1N. The predicted molar refractivity (Wildman–Crippen MR) is 66.3 cm³/mol. The van der Waals surface area contributed by atoms with Crippen LogP contribution in [0.2, 0.25) is 0 Å². The van der Waals surface area contributed by atoms with E-state index in [9.17, 15) is 8.78 Å². The van der Waals surface area contributed by atoms with Crippen molar-refractivity contribution in [3.8, 4) is 17.2 Å². The molecular formula is C13H7F2N2Se. The minimum absolute atomic E-state index is 0.0636. The van der Waals surface area contributed by atoms with Gasteiger partial charge in [0, 0.05) is 0 Å². The van der Waals surface area contributed by atoms with E-state index in [2.05, 4.69) is 16.0 Å². The molecule has 0 heterocycles. The van der Waals surface area contributed by atoms with Crippen molar-refractivity contribution >= 4 is 26.2 Å². The first-order valence-electron chi connectivity index (χ1n) is 4.99. The molecule has 0 saturated heterocycles. The first-order chi connectivity index (χ1) is 8.52. The van der Waals surface area contributed by atoms with Gasteiger partial charge in [0.2, 0.25) is 0 Å². The van der Waals surface area contributed by atoms with E-state index in [4.69, 9.17) is 11.0 Å². The van der Waals surface area contributed by atoms with Crippen LogP contribution in [-0.4, -0.2) is 16.0 Å². The van der Waals surface area contributed by atoms with Crippen molar-refractivity contribution in [2.45, 2.75) is 0 Å². The number of nitriles is 1. The van der Waals surface area contributed by atoms with E-state index >= 15 is 0 Å². The van der Waals surface area contributed by atoms with Gasteiger partial charge in [0.05, 0.1) is 0 Å². The first kappa shape index (κ1) is 12.6. The number of halogens is 2. The zero-order valence-electron chi connectivity index (χ0n) is 9.08. The molecule has 0 saturated carbocycles. The molecule has 0 fully saturated rings. The Morgan fingerprint density at radius 3 is 2.50 bits per heavy atom. The van der Waals surface area contributed by atoms with E-state index in [1.807, 2.05) is 6.07 Å². The number of benzene rings is 2. The molecule has 0 atom stereocenters. The molecule has 0 aromatic heterocycles. The summed E-state index contributed by atoms with van der Waals surface area (Å²) in [6, 6.07) is 8.63. The summed E-state index contributed by atoms with van der Waals surface area (Å²) in [6.07, 6.45) is 0. The van der Waals surface area contributed by atoms with Gasteiger partial charge in [-0.15, -0.1) is 0 Å². The maximum atomic E-state index is 13.6. The van der Waals surface area contributed by atoms with Gasteiger partial charge in [-0.3, -0.25) is 0 Å². The molecule has 0 unspecified atom stereocenters. The molecule has 5 heteroatoms. The molecule has 0 bridgehead atoms. The molecule has 2 rings (SSSR count). The number of nitrogens with two attached hydrogens (primary N) is 1. The molecular weight excluding hydrogens is 301 g/mol. The van der Waals surface area contributed by atoms with Crippen molar-refractivity contribution in [1.29, 1.82) is 5.26 Å². The summed E-state index contributed by atoms with van der Waals surface area (Å²) in [5.74, 6) is -1.04. The van der Waals surface area contributed by atoms with E-state index in [0.717, 1.165) is 0 Å². The molecule has 2 aromatic carbocycles. The number of hydrogen-bond donors (Lipinski definition) is 1. The predicted octanol–water partition coefficient (Wildman–Crippen LogP) is 1.88. The van der Waals surface area contributed by atoms with Crippen LogP contribution in [0.5, 0.6) is 0 Å². The van der Waals surface area contributed by atoms with Crippen LogP contribution >= 0.6 is 0 Å². The van der Waals surface area contributed by atoms with Crippen LogP contribution in [0.4, 0.5) is 14.5 Å². The standard InChI is InChI=1S/C13H7F2N2Se/c14-9-1-2-10(12(18)5-9)7-3-8(6-16)13(17)11(15)4-7/h1-5H,17H2. The van der Waals surface area contributed by atoms with Gasteiger partial charge in [0.1, 0.15) is 0 Å². The Morgan fingerprint density at radius 1 is 1.17 bits per heavy atom. The van der Waals surface area contributed by atoms with E-state index in [-0.39, 0.29) is 17.1 Å². The van der Waals surface area contributed by atoms with Gasteiger partial charge >= 0.3 is 111 Å². The summed E-state index contributed by atoms with van der Waals surface area (Å²) in [4.78, 5) is 0. The van der Waals surface area contributed by atoms with Crippen molar-refractivity contribution in [2.24, 2.45) is 0 Å². The average Bonchev–Trinajstić information content (AvgIpc) is 2.32. The summed E-state index contributed by atoms with van der Waals surface area (Å²) in [5, 5.41) is 8.86. The van der Waals surface area contributed by atoms with Crippen LogP contribution in [0.1, 0.15) is 5.56 Å². The van der Waals surface area contributed by atoms with E-state index in [1.165, 1.54) is 30.3 Å². The van der Waals surface area contributed by atoms with Gasteiger partial charge in [-0.1, -0.05) is 0 Å². The molecule has 0 aliphatic rings. The number of hydrogen-bond acceptors (Lipinski definition) is 2. The minimum atomic E-state index is -0.659. The molecule has 89 valence electrons. The average molecular weight is 308 g/mol. The zero-order valence-corrected chi connectivity index (χ0v) is 10.8. The van der Waals surface area contributed by atoms with E-state index in [1.54, 1.807) is 0 Å². The molecule has 0 aliphatic carbocycles. The van der Waals surface area contributed by atoms with Gasteiger partial charge in [0.25, 0.3) is 0 Å². The molecule has 2 N–H and O–H groups in total. The van der Waals surface area contributed by atoms with Crippen LogP contribution in [0, 0.1) is 23.0 Å². The molecule has 0 spiro atoms. The van der Waals surface area contributed by atoms with Crippen molar-refractivity contribution in [2.75, 3.05) is 5.73 Å². The third-order valence-electron chi connectivity index (χ3n) is 2.50. The van der Waals surface area contributed by atoms with Crippen LogP contribution in [0.25, 0.3) is 11.1 Å².